The van der Waals surface area contributed by atoms with Gasteiger partial charge in [-0.25, -0.2) is 4.98 Å². The molecule has 1 aromatic heterocycles. The summed E-state index contributed by atoms with van der Waals surface area (Å²) in [5, 5.41) is 0.777. The summed E-state index contributed by atoms with van der Waals surface area (Å²) in [7, 11) is 0. The fraction of sp³-hybridized carbons (Fsp3) is 0.562. The van der Waals surface area contributed by atoms with Gasteiger partial charge in [0.15, 0.2) is 0 Å². The molecule has 2 N–H and O–H groups in total. The van der Waals surface area contributed by atoms with E-state index in [-0.39, 0.29) is 0 Å². The predicted molar refractivity (Wildman–Crippen MR) is 84.3 cm³/mol. The SMILES string of the molecule is CC(C)CC(CN)c1nc2ccc(Cl)cc2n1C1CC1. The summed E-state index contributed by atoms with van der Waals surface area (Å²) in [5.74, 6) is 2.11. The standard InChI is InChI=1S/C16H22ClN3/c1-10(2)7-11(9-18)16-19-14-6-3-12(17)8-15(14)20(16)13-4-5-13/h3,6,8,10-11,13H,4-5,7,9,18H2,1-2H3. The average Bonchev–Trinajstić information content (AvgIpc) is 3.17. The molecular weight excluding hydrogens is 270 g/mol. The number of hydrogen-bond donors (Lipinski definition) is 1. The monoisotopic (exact) mass is 291 g/mol. The molecule has 1 fully saturated rings. The zero-order chi connectivity index (χ0) is 14.3. The van der Waals surface area contributed by atoms with E-state index in [2.05, 4.69) is 18.4 Å². The molecule has 0 radical (unpaired) electrons. The molecule has 1 aliphatic rings. The third kappa shape index (κ3) is 2.57. The van der Waals surface area contributed by atoms with E-state index in [0.29, 0.717) is 24.4 Å². The number of benzene rings is 1. The van der Waals surface area contributed by atoms with Crippen molar-refractivity contribution in [2.75, 3.05) is 6.54 Å². The zero-order valence-electron chi connectivity index (χ0n) is 12.1. The van der Waals surface area contributed by atoms with E-state index in [4.69, 9.17) is 22.3 Å². The number of rotatable bonds is 5. The predicted octanol–water partition coefficient (Wildman–Crippen LogP) is 4.11. The maximum atomic E-state index is 6.16. The van der Waals surface area contributed by atoms with Crippen LogP contribution in [0.15, 0.2) is 18.2 Å². The van der Waals surface area contributed by atoms with Crippen LogP contribution in [0.25, 0.3) is 11.0 Å². The van der Waals surface area contributed by atoms with Crippen molar-refractivity contribution in [3.63, 3.8) is 0 Å². The lowest BCUT2D eigenvalue weighted by atomic mass is 9.96. The molecular formula is C16H22ClN3. The highest BCUT2D eigenvalue weighted by molar-refractivity contribution is 6.31. The summed E-state index contributed by atoms with van der Waals surface area (Å²) in [4.78, 5) is 4.86. The first-order valence-corrected chi connectivity index (χ1v) is 7.85. The van der Waals surface area contributed by atoms with Crippen LogP contribution in [0.5, 0.6) is 0 Å². The van der Waals surface area contributed by atoms with E-state index in [0.717, 1.165) is 28.3 Å². The summed E-state index contributed by atoms with van der Waals surface area (Å²) < 4.78 is 2.39. The molecule has 1 unspecified atom stereocenters. The van der Waals surface area contributed by atoms with E-state index in [1.165, 1.54) is 12.8 Å². The van der Waals surface area contributed by atoms with Crippen LogP contribution in [-0.2, 0) is 0 Å². The highest BCUT2D eigenvalue weighted by Gasteiger charge is 2.30. The zero-order valence-corrected chi connectivity index (χ0v) is 12.9. The molecule has 0 spiro atoms. The molecule has 2 aromatic rings. The van der Waals surface area contributed by atoms with Crippen LogP contribution in [0.2, 0.25) is 5.02 Å². The van der Waals surface area contributed by atoms with Crippen molar-refractivity contribution in [2.24, 2.45) is 11.7 Å². The van der Waals surface area contributed by atoms with Gasteiger partial charge in [-0.05, 0) is 43.4 Å². The van der Waals surface area contributed by atoms with Crippen molar-refractivity contribution < 1.29 is 0 Å². The molecule has 1 aromatic carbocycles. The van der Waals surface area contributed by atoms with Gasteiger partial charge in [-0.15, -0.1) is 0 Å². The van der Waals surface area contributed by atoms with Crippen LogP contribution >= 0.6 is 11.6 Å². The Labute approximate surface area is 125 Å². The smallest absolute Gasteiger partial charge is 0.114 e. The number of fused-ring (bicyclic) bond motifs is 1. The summed E-state index contributed by atoms with van der Waals surface area (Å²) in [6.07, 6.45) is 3.56. The Bertz CT molecular complexity index is 613. The van der Waals surface area contributed by atoms with Crippen molar-refractivity contribution in [3.8, 4) is 0 Å². The second-order valence-electron chi connectivity index (χ2n) is 6.27. The lowest BCUT2D eigenvalue weighted by Crippen LogP contribution is -2.19. The minimum atomic E-state index is 0.335. The Morgan fingerprint density at radius 2 is 2.15 bits per heavy atom. The van der Waals surface area contributed by atoms with Gasteiger partial charge >= 0.3 is 0 Å². The van der Waals surface area contributed by atoms with E-state index in [1.807, 2.05) is 18.2 Å². The minimum absolute atomic E-state index is 0.335. The molecule has 1 aliphatic carbocycles. The summed E-state index contributed by atoms with van der Waals surface area (Å²) in [6, 6.07) is 6.56. The van der Waals surface area contributed by atoms with Gasteiger partial charge in [0.25, 0.3) is 0 Å². The van der Waals surface area contributed by atoms with Gasteiger partial charge in [0.2, 0.25) is 0 Å². The average molecular weight is 292 g/mol. The first-order valence-electron chi connectivity index (χ1n) is 7.47. The maximum Gasteiger partial charge on any atom is 0.114 e. The lowest BCUT2D eigenvalue weighted by molar-refractivity contribution is 0.473. The summed E-state index contributed by atoms with van der Waals surface area (Å²) in [5.41, 5.74) is 8.22. The van der Waals surface area contributed by atoms with Gasteiger partial charge in [0.05, 0.1) is 11.0 Å². The van der Waals surface area contributed by atoms with E-state index in [1.54, 1.807) is 0 Å². The van der Waals surface area contributed by atoms with Crippen LogP contribution in [0.1, 0.15) is 50.9 Å². The molecule has 0 bridgehead atoms. The summed E-state index contributed by atoms with van der Waals surface area (Å²) >= 11 is 6.16. The Balaban J connectivity index is 2.11. The number of halogens is 1. The quantitative estimate of drug-likeness (QED) is 0.901. The third-order valence-electron chi connectivity index (χ3n) is 4.00. The Kier molecular flexibility index (Phi) is 3.74. The molecule has 3 rings (SSSR count). The van der Waals surface area contributed by atoms with Crippen LogP contribution in [-0.4, -0.2) is 16.1 Å². The van der Waals surface area contributed by atoms with Crippen molar-refractivity contribution >= 4 is 22.6 Å². The van der Waals surface area contributed by atoms with E-state index in [9.17, 15) is 0 Å². The number of hydrogen-bond acceptors (Lipinski definition) is 2. The van der Waals surface area contributed by atoms with Crippen molar-refractivity contribution in [1.29, 1.82) is 0 Å². The maximum absolute atomic E-state index is 6.16. The van der Waals surface area contributed by atoms with Gasteiger partial charge in [0, 0.05) is 23.5 Å². The van der Waals surface area contributed by atoms with Crippen molar-refractivity contribution in [1.82, 2.24) is 9.55 Å². The molecule has 108 valence electrons. The van der Waals surface area contributed by atoms with Gasteiger partial charge < -0.3 is 10.3 Å². The third-order valence-corrected chi connectivity index (χ3v) is 4.23. The topological polar surface area (TPSA) is 43.8 Å². The molecule has 3 nitrogen and oxygen atoms in total. The van der Waals surface area contributed by atoms with E-state index >= 15 is 0 Å². The first kappa shape index (κ1) is 13.9. The lowest BCUT2D eigenvalue weighted by Gasteiger charge is -2.18. The van der Waals surface area contributed by atoms with Crippen molar-refractivity contribution in [3.05, 3.63) is 29.0 Å². The molecule has 0 saturated heterocycles. The minimum Gasteiger partial charge on any atom is -0.330 e. The molecule has 20 heavy (non-hydrogen) atoms. The number of aromatic nitrogens is 2. The molecule has 1 heterocycles. The number of imidazole rings is 1. The summed E-state index contributed by atoms with van der Waals surface area (Å²) in [6.45, 7) is 5.13. The number of nitrogens with zero attached hydrogens (tertiary/aromatic N) is 2. The van der Waals surface area contributed by atoms with Crippen molar-refractivity contribution in [2.45, 2.75) is 45.1 Å². The molecule has 4 heteroatoms. The van der Waals surface area contributed by atoms with Gasteiger partial charge in [-0.2, -0.15) is 0 Å². The highest BCUT2D eigenvalue weighted by Crippen LogP contribution is 2.41. The fourth-order valence-corrected chi connectivity index (χ4v) is 3.13. The Morgan fingerprint density at radius 1 is 1.40 bits per heavy atom. The second-order valence-corrected chi connectivity index (χ2v) is 6.70. The van der Waals surface area contributed by atoms with Crippen LogP contribution in [0, 0.1) is 5.92 Å². The molecule has 0 amide bonds. The first-order chi connectivity index (χ1) is 9.60. The van der Waals surface area contributed by atoms with Crippen LogP contribution in [0.3, 0.4) is 0 Å². The molecule has 1 atom stereocenters. The molecule has 1 saturated carbocycles. The second kappa shape index (κ2) is 5.38. The van der Waals surface area contributed by atoms with Gasteiger partial charge in [-0.1, -0.05) is 25.4 Å². The van der Waals surface area contributed by atoms with Crippen LogP contribution < -0.4 is 5.73 Å². The normalized spacial score (nSPS) is 17.1. The van der Waals surface area contributed by atoms with Gasteiger partial charge in [-0.3, -0.25) is 0 Å². The van der Waals surface area contributed by atoms with Crippen LogP contribution in [0.4, 0.5) is 0 Å². The molecule has 0 aliphatic heterocycles. The number of nitrogens with two attached hydrogens (primary N) is 1. The van der Waals surface area contributed by atoms with E-state index < -0.39 is 0 Å². The Morgan fingerprint density at radius 3 is 2.75 bits per heavy atom. The Hall–Kier alpha value is -1.06. The largest absolute Gasteiger partial charge is 0.330 e. The highest BCUT2D eigenvalue weighted by atomic mass is 35.5. The van der Waals surface area contributed by atoms with Gasteiger partial charge in [0.1, 0.15) is 5.82 Å². The fourth-order valence-electron chi connectivity index (χ4n) is 2.97.